The van der Waals surface area contributed by atoms with Gasteiger partial charge in [0.05, 0.1) is 18.4 Å². The summed E-state index contributed by atoms with van der Waals surface area (Å²) in [5, 5.41) is 3.34. The third-order valence-corrected chi connectivity index (χ3v) is 9.17. The number of nitrogens with zero attached hydrogens (tertiary/aromatic N) is 1. The monoisotopic (exact) mass is 382 g/mol. The molecule has 5 rings (SSSR count). The highest BCUT2D eigenvalue weighted by Crippen LogP contribution is 2.64. The molecule has 3 saturated carbocycles. The SMILES string of the molecule is C[C@]12CCC(=O)NC1CC[C@@H]1[C@H]2CC[C@]2(C)C(OCc3ccccn3)CC[C@@H]12. The smallest absolute Gasteiger partial charge is 0.220 e. The number of amides is 1. The van der Waals surface area contributed by atoms with E-state index in [0.717, 1.165) is 36.3 Å². The van der Waals surface area contributed by atoms with Crippen LogP contribution in [0.5, 0.6) is 0 Å². The predicted octanol–water partition coefficient (Wildman–Crippen LogP) is 4.49. The molecule has 0 spiro atoms. The van der Waals surface area contributed by atoms with Gasteiger partial charge in [0.25, 0.3) is 0 Å². The molecule has 0 aromatic carbocycles. The average Bonchev–Trinajstić information content (AvgIpc) is 3.04. The van der Waals surface area contributed by atoms with Crippen molar-refractivity contribution in [1.82, 2.24) is 10.3 Å². The van der Waals surface area contributed by atoms with Crippen LogP contribution < -0.4 is 5.32 Å². The molecule has 2 unspecified atom stereocenters. The molecule has 3 aliphatic carbocycles. The van der Waals surface area contributed by atoms with E-state index in [2.05, 4.69) is 30.2 Å². The molecule has 1 aromatic heterocycles. The molecule has 28 heavy (non-hydrogen) atoms. The number of aromatic nitrogens is 1. The highest BCUT2D eigenvalue weighted by atomic mass is 16.5. The second kappa shape index (κ2) is 6.83. The summed E-state index contributed by atoms with van der Waals surface area (Å²) in [6, 6.07) is 6.46. The number of nitrogens with one attached hydrogen (secondary N) is 1. The van der Waals surface area contributed by atoms with Crippen LogP contribution >= 0.6 is 0 Å². The summed E-state index contributed by atoms with van der Waals surface area (Å²) in [5.41, 5.74) is 1.64. The van der Waals surface area contributed by atoms with E-state index in [-0.39, 0.29) is 5.91 Å². The van der Waals surface area contributed by atoms with Gasteiger partial charge in [-0.05, 0) is 85.7 Å². The van der Waals surface area contributed by atoms with E-state index in [0.29, 0.717) is 36.0 Å². The molecular formula is C24H34N2O2. The third-order valence-electron chi connectivity index (χ3n) is 9.17. The van der Waals surface area contributed by atoms with E-state index >= 15 is 0 Å². The van der Waals surface area contributed by atoms with Gasteiger partial charge in [-0.2, -0.15) is 0 Å². The number of piperidine rings is 1. The fourth-order valence-electron chi connectivity index (χ4n) is 7.60. The predicted molar refractivity (Wildman–Crippen MR) is 108 cm³/mol. The first-order valence-corrected chi connectivity index (χ1v) is 11.3. The Labute approximate surface area is 168 Å². The lowest BCUT2D eigenvalue weighted by atomic mass is 9.47. The minimum atomic E-state index is 0.269. The van der Waals surface area contributed by atoms with Gasteiger partial charge in [0.15, 0.2) is 0 Å². The van der Waals surface area contributed by atoms with Gasteiger partial charge in [-0.3, -0.25) is 9.78 Å². The molecule has 7 atom stereocenters. The van der Waals surface area contributed by atoms with Crippen molar-refractivity contribution < 1.29 is 9.53 Å². The Morgan fingerprint density at radius 1 is 1.07 bits per heavy atom. The lowest BCUT2D eigenvalue weighted by molar-refractivity contribution is -0.141. The van der Waals surface area contributed by atoms with Gasteiger partial charge in [0.2, 0.25) is 5.91 Å². The largest absolute Gasteiger partial charge is 0.371 e. The zero-order valence-electron chi connectivity index (χ0n) is 17.3. The Morgan fingerprint density at radius 2 is 1.93 bits per heavy atom. The minimum absolute atomic E-state index is 0.269. The summed E-state index contributed by atoms with van der Waals surface area (Å²) in [7, 11) is 0. The molecule has 4 heteroatoms. The first-order chi connectivity index (χ1) is 13.5. The quantitative estimate of drug-likeness (QED) is 0.838. The number of pyridine rings is 1. The van der Waals surface area contributed by atoms with Gasteiger partial charge in [0.1, 0.15) is 0 Å². The summed E-state index contributed by atoms with van der Waals surface area (Å²) in [5.74, 6) is 2.61. The van der Waals surface area contributed by atoms with Gasteiger partial charge < -0.3 is 10.1 Å². The number of carbonyl (C=O) groups excluding carboxylic acids is 1. The number of hydrogen-bond acceptors (Lipinski definition) is 3. The summed E-state index contributed by atoms with van der Waals surface area (Å²) in [4.78, 5) is 16.4. The Balaban J connectivity index is 1.32. The van der Waals surface area contributed by atoms with Gasteiger partial charge in [-0.25, -0.2) is 0 Å². The maximum Gasteiger partial charge on any atom is 0.220 e. The highest BCUT2D eigenvalue weighted by molar-refractivity contribution is 5.77. The van der Waals surface area contributed by atoms with E-state index in [1.54, 1.807) is 0 Å². The molecule has 1 aliphatic heterocycles. The number of hydrogen-bond donors (Lipinski definition) is 1. The fraction of sp³-hybridized carbons (Fsp3) is 0.750. The summed E-state index contributed by atoms with van der Waals surface area (Å²) in [6.45, 7) is 5.61. The summed E-state index contributed by atoms with van der Waals surface area (Å²) in [6.07, 6.45) is 11.5. The van der Waals surface area contributed by atoms with E-state index in [1.807, 2.05) is 18.3 Å². The molecule has 0 bridgehead atoms. The maximum atomic E-state index is 12.0. The van der Waals surface area contributed by atoms with Crippen LogP contribution in [-0.4, -0.2) is 23.0 Å². The standard InChI is InChI=1S/C24H34N2O2/c1-23-13-11-22(27)26-20(23)8-6-17-18-7-9-21(24(18,2)12-10-19(17)23)28-15-16-5-3-4-14-25-16/h3-5,14,17-21H,6-13,15H2,1-2H3,(H,26,27)/t17-,18-,19+,20?,21?,23+,24-/m0/s1. The van der Waals surface area contributed by atoms with E-state index in [1.165, 1.54) is 32.1 Å². The van der Waals surface area contributed by atoms with Crippen LogP contribution in [0, 0.1) is 28.6 Å². The number of rotatable bonds is 3. The number of carbonyl (C=O) groups is 1. The van der Waals surface area contributed by atoms with Gasteiger partial charge in [-0.15, -0.1) is 0 Å². The topological polar surface area (TPSA) is 51.2 Å². The molecule has 4 aliphatic rings. The second-order valence-electron chi connectivity index (χ2n) is 10.3. The zero-order valence-corrected chi connectivity index (χ0v) is 17.3. The molecule has 2 heterocycles. The Hall–Kier alpha value is -1.42. The van der Waals surface area contributed by atoms with Crippen LogP contribution in [-0.2, 0) is 16.1 Å². The third kappa shape index (κ3) is 2.82. The van der Waals surface area contributed by atoms with Gasteiger partial charge in [0, 0.05) is 18.7 Å². The van der Waals surface area contributed by atoms with Crippen molar-refractivity contribution in [1.29, 1.82) is 0 Å². The van der Waals surface area contributed by atoms with Crippen molar-refractivity contribution in [2.24, 2.45) is 28.6 Å². The lowest BCUT2D eigenvalue weighted by Crippen LogP contribution is -2.61. The van der Waals surface area contributed by atoms with Crippen molar-refractivity contribution in [2.45, 2.75) is 84.0 Å². The Bertz CT molecular complexity index is 737. The van der Waals surface area contributed by atoms with Gasteiger partial charge in [-0.1, -0.05) is 19.9 Å². The fourth-order valence-corrected chi connectivity index (χ4v) is 7.60. The molecule has 1 amide bonds. The van der Waals surface area contributed by atoms with Crippen LogP contribution in [0.4, 0.5) is 0 Å². The summed E-state index contributed by atoms with van der Waals surface area (Å²) >= 11 is 0. The molecule has 1 saturated heterocycles. The first-order valence-electron chi connectivity index (χ1n) is 11.3. The Kier molecular flexibility index (Phi) is 4.53. The molecule has 4 fully saturated rings. The van der Waals surface area contributed by atoms with Crippen LogP contribution in [0.15, 0.2) is 24.4 Å². The number of fused-ring (bicyclic) bond motifs is 5. The number of ether oxygens (including phenoxy) is 1. The molecular weight excluding hydrogens is 348 g/mol. The van der Waals surface area contributed by atoms with Crippen molar-refractivity contribution in [3.63, 3.8) is 0 Å². The second-order valence-corrected chi connectivity index (χ2v) is 10.3. The Morgan fingerprint density at radius 3 is 2.75 bits per heavy atom. The highest BCUT2D eigenvalue weighted by Gasteiger charge is 2.60. The van der Waals surface area contributed by atoms with E-state index in [4.69, 9.17) is 4.74 Å². The average molecular weight is 383 g/mol. The summed E-state index contributed by atoms with van der Waals surface area (Å²) < 4.78 is 6.47. The molecule has 0 radical (unpaired) electrons. The van der Waals surface area contributed by atoms with Gasteiger partial charge >= 0.3 is 0 Å². The molecule has 4 nitrogen and oxygen atoms in total. The first kappa shape index (κ1) is 18.6. The lowest BCUT2D eigenvalue weighted by Gasteiger charge is -2.60. The van der Waals surface area contributed by atoms with Crippen molar-refractivity contribution >= 4 is 5.91 Å². The van der Waals surface area contributed by atoms with Crippen molar-refractivity contribution in [3.05, 3.63) is 30.1 Å². The normalized spacial score (nSPS) is 44.9. The van der Waals surface area contributed by atoms with Crippen LogP contribution in [0.25, 0.3) is 0 Å². The maximum absolute atomic E-state index is 12.0. The van der Waals surface area contributed by atoms with Crippen LogP contribution in [0.2, 0.25) is 0 Å². The van der Waals surface area contributed by atoms with Crippen LogP contribution in [0.3, 0.4) is 0 Å². The van der Waals surface area contributed by atoms with E-state index < -0.39 is 0 Å². The molecule has 1 aromatic rings. The molecule has 152 valence electrons. The van der Waals surface area contributed by atoms with Crippen molar-refractivity contribution in [2.75, 3.05) is 0 Å². The minimum Gasteiger partial charge on any atom is -0.371 e. The van der Waals surface area contributed by atoms with Crippen molar-refractivity contribution in [3.8, 4) is 0 Å². The van der Waals surface area contributed by atoms with Crippen LogP contribution in [0.1, 0.15) is 70.9 Å². The zero-order chi connectivity index (χ0) is 19.4. The molecule has 1 N–H and O–H groups in total. The van der Waals surface area contributed by atoms with E-state index in [9.17, 15) is 4.79 Å².